The van der Waals surface area contributed by atoms with Gasteiger partial charge < -0.3 is 0 Å². The number of amides is 2. The molecular formula is C16H19NO2. The van der Waals surface area contributed by atoms with Crippen LogP contribution in [-0.2, 0) is 9.59 Å². The van der Waals surface area contributed by atoms with E-state index < -0.39 is 0 Å². The number of anilines is 1. The van der Waals surface area contributed by atoms with Gasteiger partial charge in [0.1, 0.15) is 0 Å². The molecule has 0 saturated heterocycles. The lowest BCUT2D eigenvalue weighted by Gasteiger charge is -2.14. The Morgan fingerprint density at radius 1 is 0.842 bits per heavy atom. The molecule has 1 aliphatic heterocycles. The van der Waals surface area contributed by atoms with Gasteiger partial charge in [0.25, 0.3) is 11.8 Å². The number of imide groups is 1. The first-order valence-electron chi connectivity index (χ1n) is 6.86. The average molecular weight is 257 g/mol. The van der Waals surface area contributed by atoms with E-state index in [9.17, 15) is 9.59 Å². The standard InChI is InChI=1S/C16H19NO2/c1-3-8-13-14(9-4-2)16(19)17(15(13)18)12-10-6-5-7-11-12/h5-7,10-11H,3-4,8-9H2,1-2H3. The highest BCUT2D eigenvalue weighted by atomic mass is 16.2. The number of carbonyl (C=O) groups excluding carboxylic acids is 2. The number of nitrogens with zero attached hydrogens (tertiary/aromatic N) is 1. The molecule has 3 nitrogen and oxygen atoms in total. The minimum Gasteiger partial charge on any atom is -0.269 e. The van der Waals surface area contributed by atoms with Crippen molar-refractivity contribution >= 4 is 17.5 Å². The van der Waals surface area contributed by atoms with Gasteiger partial charge in [-0.2, -0.15) is 0 Å². The zero-order valence-corrected chi connectivity index (χ0v) is 11.5. The molecule has 1 aromatic rings. The van der Waals surface area contributed by atoms with Gasteiger partial charge >= 0.3 is 0 Å². The Morgan fingerprint density at radius 3 is 1.74 bits per heavy atom. The second-order valence-corrected chi connectivity index (χ2v) is 4.74. The molecule has 0 fully saturated rings. The van der Waals surface area contributed by atoms with Crippen molar-refractivity contribution in [3.8, 4) is 0 Å². The monoisotopic (exact) mass is 257 g/mol. The molecular weight excluding hydrogens is 238 g/mol. The Kier molecular flexibility index (Phi) is 4.15. The number of carbonyl (C=O) groups is 2. The molecule has 3 heteroatoms. The maximum atomic E-state index is 12.4. The molecule has 0 aromatic heterocycles. The molecule has 0 atom stereocenters. The summed E-state index contributed by atoms with van der Waals surface area (Å²) in [6, 6.07) is 9.16. The molecule has 0 bridgehead atoms. The summed E-state index contributed by atoms with van der Waals surface area (Å²) in [6.07, 6.45) is 3.13. The van der Waals surface area contributed by atoms with Crippen LogP contribution in [0.2, 0.25) is 0 Å². The van der Waals surface area contributed by atoms with Gasteiger partial charge in [0.2, 0.25) is 0 Å². The van der Waals surface area contributed by atoms with Crippen molar-refractivity contribution in [1.29, 1.82) is 0 Å². The largest absolute Gasteiger partial charge is 0.269 e. The van der Waals surface area contributed by atoms with E-state index in [0.29, 0.717) is 29.7 Å². The first-order valence-corrected chi connectivity index (χ1v) is 6.86. The normalized spacial score (nSPS) is 15.6. The fourth-order valence-electron chi connectivity index (χ4n) is 2.45. The highest BCUT2D eigenvalue weighted by Gasteiger charge is 2.37. The summed E-state index contributed by atoms with van der Waals surface area (Å²) >= 11 is 0. The molecule has 2 amide bonds. The van der Waals surface area contributed by atoms with Gasteiger partial charge in [-0.3, -0.25) is 9.59 Å². The lowest BCUT2D eigenvalue weighted by atomic mass is 10.0. The number of para-hydroxylation sites is 1. The molecule has 0 aliphatic carbocycles. The third-order valence-corrected chi connectivity index (χ3v) is 3.30. The molecule has 0 radical (unpaired) electrons. The third kappa shape index (κ3) is 2.46. The topological polar surface area (TPSA) is 37.4 Å². The second kappa shape index (κ2) is 5.83. The van der Waals surface area contributed by atoms with Crippen LogP contribution < -0.4 is 4.90 Å². The van der Waals surface area contributed by atoms with E-state index in [1.807, 2.05) is 32.0 Å². The Morgan fingerprint density at radius 2 is 1.32 bits per heavy atom. The van der Waals surface area contributed by atoms with Crippen molar-refractivity contribution in [1.82, 2.24) is 0 Å². The smallest absolute Gasteiger partial charge is 0.261 e. The maximum Gasteiger partial charge on any atom is 0.261 e. The molecule has 1 heterocycles. The van der Waals surface area contributed by atoms with Crippen LogP contribution in [0.5, 0.6) is 0 Å². The van der Waals surface area contributed by atoms with Crippen molar-refractivity contribution in [3.05, 3.63) is 41.5 Å². The van der Waals surface area contributed by atoms with Gasteiger partial charge in [-0.15, -0.1) is 0 Å². The van der Waals surface area contributed by atoms with Crippen LogP contribution in [0.15, 0.2) is 41.5 Å². The van der Waals surface area contributed by atoms with E-state index in [1.165, 1.54) is 4.90 Å². The highest BCUT2D eigenvalue weighted by Crippen LogP contribution is 2.31. The van der Waals surface area contributed by atoms with Crippen molar-refractivity contribution in [2.75, 3.05) is 4.90 Å². The molecule has 0 saturated carbocycles. The summed E-state index contributed by atoms with van der Waals surface area (Å²) in [5, 5.41) is 0. The number of benzene rings is 1. The van der Waals surface area contributed by atoms with Crippen molar-refractivity contribution in [2.45, 2.75) is 39.5 Å². The van der Waals surface area contributed by atoms with Crippen LogP contribution in [-0.4, -0.2) is 11.8 Å². The van der Waals surface area contributed by atoms with E-state index in [0.717, 1.165) is 12.8 Å². The quantitative estimate of drug-likeness (QED) is 0.757. The lowest BCUT2D eigenvalue weighted by Crippen LogP contribution is -2.31. The zero-order chi connectivity index (χ0) is 13.8. The predicted molar refractivity (Wildman–Crippen MR) is 75.8 cm³/mol. The van der Waals surface area contributed by atoms with Crippen molar-refractivity contribution < 1.29 is 9.59 Å². The van der Waals surface area contributed by atoms with Gasteiger partial charge in [-0.05, 0) is 25.0 Å². The second-order valence-electron chi connectivity index (χ2n) is 4.74. The van der Waals surface area contributed by atoms with Crippen LogP contribution in [0.4, 0.5) is 5.69 Å². The van der Waals surface area contributed by atoms with Crippen LogP contribution in [0.25, 0.3) is 0 Å². The lowest BCUT2D eigenvalue weighted by molar-refractivity contribution is -0.120. The zero-order valence-electron chi connectivity index (χ0n) is 11.5. The highest BCUT2D eigenvalue weighted by molar-refractivity contribution is 6.32. The summed E-state index contributed by atoms with van der Waals surface area (Å²) < 4.78 is 0. The molecule has 1 aliphatic rings. The van der Waals surface area contributed by atoms with E-state index >= 15 is 0 Å². The summed E-state index contributed by atoms with van der Waals surface area (Å²) in [6.45, 7) is 4.05. The van der Waals surface area contributed by atoms with Crippen molar-refractivity contribution in [2.24, 2.45) is 0 Å². The number of hydrogen-bond acceptors (Lipinski definition) is 2. The molecule has 2 rings (SSSR count). The fourth-order valence-corrected chi connectivity index (χ4v) is 2.45. The summed E-state index contributed by atoms with van der Waals surface area (Å²) in [4.78, 5) is 26.2. The maximum absolute atomic E-state index is 12.4. The van der Waals surface area contributed by atoms with E-state index in [2.05, 4.69) is 0 Å². The van der Waals surface area contributed by atoms with Gasteiger partial charge in [0.05, 0.1) is 5.69 Å². The summed E-state index contributed by atoms with van der Waals surface area (Å²) in [5.41, 5.74) is 2.08. The van der Waals surface area contributed by atoms with Crippen molar-refractivity contribution in [3.63, 3.8) is 0 Å². The average Bonchev–Trinajstić information content (AvgIpc) is 2.65. The van der Waals surface area contributed by atoms with Crippen LogP contribution in [0, 0.1) is 0 Å². The predicted octanol–water partition coefficient (Wildman–Crippen LogP) is 3.46. The Hall–Kier alpha value is -1.90. The Labute approximate surface area is 113 Å². The van der Waals surface area contributed by atoms with Gasteiger partial charge in [-0.25, -0.2) is 4.90 Å². The summed E-state index contributed by atoms with van der Waals surface area (Å²) in [7, 11) is 0. The first kappa shape index (κ1) is 13.5. The van der Waals surface area contributed by atoms with Crippen LogP contribution in [0.1, 0.15) is 39.5 Å². The molecule has 0 N–H and O–H groups in total. The van der Waals surface area contributed by atoms with Gasteiger partial charge in [0.15, 0.2) is 0 Å². The first-order chi connectivity index (χ1) is 9.20. The minimum atomic E-state index is -0.137. The molecule has 1 aromatic carbocycles. The Bertz CT molecular complexity index is 489. The number of rotatable bonds is 5. The van der Waals surface area contributed by atoms with Crippen LogP contribution in [0.3, 0.4) is 0 Å². The summed E-state index contributed by atoms with van der Waals surface area (Å²) in [5.74, 6) is -0.275. The fraction of sp³-hybridized carbons (Fsp3) is 0.375. The molecule has 100 valence electrons. The SMILES string of the molecule is CCCC1=C(CCC)C(=O)N(c2ccccc2)C1=O. The van der Waals surface area contributed by atoms with Crippen LogP contribution >= 0.6 is 0 Å². The number of hydrogen-bond donors (Lipinski definition) is 0. The minimum absolute atomic E-state index is 0.137. The molecule has 0 unspecified atom stereocenters. The van der Waals surface area contributed by atoms with E-state index in [-0.39, 0.29) is 11.8 Å². The van der Waals surface area contributed by atoms with Gasteiger partial charge in [-0.1, -0.05) is 44.9 Å². The molecule has 0 spiro atoms. The Balaban J connectivity index is 2.38. The third-order valence-electron chi connectivity index (χ3n) is 3.30. The van der Waals surface area contributed by atoms with E-state index in [1.54, 1.807) is 12.1 Å². The molecule has 19 heavy (non-hydrogen) atoms. The van der Waals surface area contributed by atoms with Gasteiger partial charge in [0, 0.05) is 11.1 Å². The van der Waals surface area contributed by atoms with E-state index in [4.69, 9.17) is 0 Å².